The summed E-state index contributed by atoms with van der Waals surface area (Å²) in [7, 11) is 0.0408. The summed E-state index contributed by atoms with van der Waals surface area (Å²) in [4.78, 5) is 0. The molecule has 5 heteroatoms. The molecule has 1 unspecified atom stereocenters. The maximum atomic E-state index is 8.87. The fourth-order valence-corrected chi connectivity index (χ4v) is 1.83. The number of thioether (sulfide) groups is 1. The smallest absolute Gasteiger partial charge is 0.425 e. The first-order valence-electron chi connectivity index (χ1n) is 2.92. The van der Waals surface area contributed by atoms with Crippen molar-refractivity contribution in [2.45, 2.75) is 5.50 Å². The van der Waals surface area contributed by atoms with Crippen molar-refractivity contribution in [2.24, 2.45) is 0 Å². The molecule has 1 atom stereocenters. The van der Waals surface area contributed by atoms with E-state index in [1.54, 1.807) is 6.08 Å². The molecule has 3 nitrogen and oxygen atoms in total. The lowest BCUT2D eigenvalue weighted by Gasteiger charge is -2.22. The molecule has 0 aromatic heterocycles. The molecule has 0 aliphatic carbocycles. The first kappa shape index (κ1) is 8.13. The first-order valence-corrected chi connectivity index (χ1v) is 3.97. The Bertz CT molecular complexity index is 150. The second-order valence-electron chi connectivity index (χ2n) is 2.15. The number of ether oxygens (including phenoxy) is 1. The van der Waals surface area contributed by atoms with Crippen molar-refractivity contribution in [1.82, 2.24) is 0 Å². The highest BCUT2D eigenvalue weighted by Crippen LogP contribution is 2.28. The van der Waals surface area contributed by atoms with E-state index in [9.17, 15) is 0 Å². The lowest BCUT2D eigenvalue weighted by atomic mass is 9.69. The normalized spacial score (nSPS) is 31.1. The molecular formula is C5H9BO3S. The van der Waals surface area contributed by atoms with Gasteiger partial charge in [-0.15, -0.1) is 11.8 Å². The lowest BCUT2D eigenvalue weighted by Crippen LogP contribution is -2.47. The Morgan fingerprint density at radius 1 is 1.70 bits per heavy atom. The molecule has 0 aromatic carbocycles. The molecule has 0 amide bonds. The zero-order chi connectivity index (χ0) is 7.61. The van der Waals surface area contributed by atoms with Crippen LogP contribution in [0.25, 0.3) is 0 Å². The van der Waals surface area contributed by atoms with Crippen LogP contribution in [-0.4, -0.2) is 35.5 Å². The maximum absolute atomic E-state index is 8.87. The van der Waals surface area contributed by atoms with Crippen LogP contribution in [0.3, 0.4) is 0 Å². The van der Waals surface area contributed by atoms with Crippen molar-refractivity contribution in [3.05, 3.63) is 11.5 Å². The molecule has 0 saturated heterocycles. The maximum Gasteiger partial charge on any atom is 0.491 e. The molecule has 1 heterocycles. The van der Waals surface area contributed by atoms with Crippen LogP contribution in [0.4, 0.5) is 0 Å². The Balaban J connectivity index is 2.68. The van der Waals surface area contributed by atoms with Crippen LogP contribution in [0.2, 0.25) is 0 Å². The van der Waals surface area contributed by atoms with Crippen LogP contribution in [0.1, 0.15) is 0 Å². The van der Waals surface area contributed by atoms with Gasteiger partial charge in [-0.05, 0) is 11.5 Å². The summed E-state index contributed by atoms with van der Waals surface area (Å²) >= 11 is 1.51. The Morgan fingerprint density at radius 2 is 2.40 bits per heavy atom. The number of hydrogen-bond donors (Lipinski definition) is 2. The summed E-state index contributed by atoms with van der Waals surface area (Å²) < 4.78 is 4.95. The summed E-state index contributed by atoms with van der Waals surface area (Å²) in [6.45, 7) is 0. The summed E-state index contributed by atoms with van der Waals surface area (Å²) in [5.74, 6) is 0.571. The van der Waals surface area contributed by atoms with Crippen LogP contribution >= 0.6 is 11.8 Å². The third-order valence-electron chi connectivity index (χ3n) is 1.57. The third kappa shape index (κ3) is 1.22. The first-order chi connectivity index (χ1) is 4.71. The van der Waals surface area contributed by atoms with Crippen molar-refractivity contribution in [3.8, 4) is 0 Å². The van der Waals surface area contributed by atoms with Gasteiger partial charge in [-0.1, -0.05) is 0 Å². The molecule has 0 radical (unpaired) electrons. The fourth-order valence-electron chi connectivity index (χ4n) is 0.783. The van der Waals surface area contributed by atoms with E-state index in [0.717, 1.165) is 0 Å². The van der Waals surface area contributed by atoms with E-state index in [0.29, 0.717) is 5.75 Å². The van der Waals surface area contributed by atoms with Crippen molar-refractivity contribution in [3.63, 3.8) is 0 Å². The Hall–Kier alpha value is 0.0349. The average Bonchev–Trinajstić information content (AvgIpc) is 2.35. The van der Waals surface area contributed by atoms with E-state index in [4.69, 9.17) is 14.8 Å². The SMILES string of the molecule is COC1(B(O)O)C=CSC1. The van der Waals surface area contributed by atoms with E-state index in [1.807, 2.05) is 5.41 Å². The van der Waals surface area contributed by atoms with Crippen LogP contribution in [0, 0.1) is 0 Å². The fraction of sp³-hybridized carbons (Fsp3) is 0.600. The second-order valence-corrected chi connectivity index (χ2v) is 3.04. The third-order valence-corrected chi connectivity index (χ3v) is 2.52. The summed E-state index contributed by atoms with van der Waals surface area (Å²) in [5.41, 5.74) is -0.870. The van der Waals surface area contributed by atoms with E-state index in [2.05, 4.69) is 0 Å². The van der Waals surface area contributed by atoms with Crippen LogP contribution in [-0.2, 0) is 4.74 Å². The highest BCUT2D eigenvalue weighted by atomic mass is 32.2. The number of methoxy groups -OCH3 is 1. The number of hydrogen-bond acceptors (Lipinski definition) is 4. The van der Waals surface area contributed by atoms with Crippen molar-refractivity contribution in [1.29, 1.82) is 0 Å². The minimum absolute atomic E-state index is 0.571. The van der Waals surface area contributed by atoms with Gasteiger partial charge in [0.15, 0.2) is 0 Å². The predicted molar refractivity (Wildman–Crippen MR) is 41.5 cm³/mol. The molecule has 1 aliphatic heterocycles. The van der Waals surface area contributed by atoms with E-state index >= 15 is 0 Å². The predicted octanol–water partition coefficient (Wildman–Crippen LogP) is -0.356. The summed E-state index contributed by atoms with van der Waals surface area (Å²) in [6.07, 6.45) is 1.67. The Morgan fingerprint density at radius 3 is 2.60 bits per heavy atom. The van der Waals surface area contributed by atoms with Gasteiger partial charge in [-0.3, -0.25) is 0 Å². The standard InChI is InChI=1S/C5H9BO3S/c1-9-5(6(7)8)2-3-10-4-5/h2-3,7-8H,4H2,1H3. The van der Waals surface area contributed by atoms with Crippen molar-refractivity contribution >= 4 is 18.9 Å². The molecular weight excluding hydrogens is 151 g/mol. The highest BCUT2D eigenvalue weighted by Gasteiger charge is 2.42. The zero-order valence-electron chi connectivity index (χ0n) is 5.65. The van der Waals surface area contributed by atoms with Gasteiger partial charge in [0.2, 0.25) is 0 Å². The number of rotatable bonds is 2. The van der Waals surface area contributed by atoms with E-state index in [1.165, 1.54) is 18.9 Å². The van der Waals surface area contributed by atoms with Gasteiger partial charge < -0.3 is 14.8 Å². The van der Waals surface area contributed by atoms with Gasteiger partial charge in [-0.25, -0.2) is 0 Å². The quantitative estimate of drug-likeness (QED) is 0.541. The Labute approximate surface area is 64.2 Å². The second kappa shape index (κ2) is 2.96. The van der Waals surface area contributed by atoms with Gasteiger partial charge in [0.1, 0.15) is 5.50 Å². The molecule has 1 aliphatic rings. The minimum Gasteiger partial charge on any atom is -0.425 e. The van der Waals surface area contributed by atoms with Gasteiger partial charge in [0, 0.05) is 12.9 Å². The largest absolute Gasteiger partial charge is 0.491 e. The molecule has 0 bridgehead atoms. The van der Waals surface area contributed by atoms with Crippen LogP contribution < -0.4 is 0 Å². The topological polar surface area (TPSA) is 49.7 Å². The molecule has 56 valence electrons. The summed E-state index contributed by atoms with van der Waals surface area (Å²) in [5, 5.41) is 19.5. The average molecular weight is 160 g/mol. The molecule has 0 aromatic rings. The van der Waals surface area contributed by atoms with E-state index < -0.39 is 12.6 Å². The molecule has 0 saturated carbocycles. The molecule has 0 fully saturated rings. The van der Waals surface area contributed by atoms with Crippen LogP contribution in [0.15, 0.2) is 11.5 Å². The monoisotopic (exact) mass is 160 g/mol. The zero-order valence-corrected chi connectivity index (χ0v) is 6.47. The minimum atomic E-state index is -1.43. The van der Waals surface area contributed by atoms with Crippen molar-refractivity contribution in [2.75, 3.05) is 12.9 Å². The molecule has 1 rings (SSSR count). The van der Waals surface area contributed by atoms with Gasteiger partial charge in [0.05, 0.1) is 0 Å². The van der Waals surface area contributed by atoms with E-state index in [-0.39, 0.29) is 0 Å². The van der Waals surface area contributed by atoms with Gasteiger partial charge in [0.25, 0.3) is 0 Å². The van der Waals surface area contributed by atoms with Gasteiger partial charge >= 0.3 is 7.12 Å². The van der Waals surface area contributed by atoms with Crippen molar-refractivity contribution < 1.29 is 14.8 Å². The molecule has 10 heavy (non-hydrogen) atoms. The Kier molecular flexibility index (Phi) is 2.41. The lowest BCUT2D eigenvalue weighted by molar-refractivity contribution is 0.0889. The molecule has 0 spiro atoms. The highest BCUT2D eigenvalue weighted by molar-refractivity contribution is 8.02. The summed E-state index contributed by atoms with van der Waals surface area (Å²) in [6, 6.07) is 0. The van der Waals surface area contributed by atoms with Crippen LogP contribution in [0.5, 0.6) is 0 Å². The van der Waals surface area contributed by atoms with Gasteiger partial charge in [-0.2, -0.15) is 0 Å². The molecule has 2 N–H and O–H groups in total.